The summed E-state index contributed by atoms with van der Waals surface area (Å²) in [7, 11) is 1.68. The summed E-state index contributed by atoms with van der Waals surface area (Å²) in [5, 5.41) is 3.20. The summed E-state index contributed by atoms with van der Waals surface area (Å²) < 4.78 is 5.21. The van der Waals surface area contributed by atoms with E-state index < -0.39 is 0 Å². The van der Waals surface area contributed by atoms with Crippen molar-refractivity contribution in [1.82, 2.24) is 20.0 Å². The Morgan fingerprint density at radius 2 is 1.74 bits per heavy atom. The van der Waals surface area contributed by atoms with Crippen LogP contribution in [0.25, 0.3) is 0 Å². The molecule has 0 aromatic heterocycles. The molecule has 3 amide bonds. The predicted octanol–water partition coefficient (Wildman–Crippen LogP) is -1.20. The minimum absolute atomic E-state index is 0.0191. The number of nitrogens with zero attached hydrogens (tertiary/aromatic N) is 3. The lowest BCUT2D eigenvalue weighted by Gasteiger charge is -2.33. The maximum absolute atomic E-state index is 12.1. The van der Waals surface area contributed by atoms with Gasteiger partial charge in [0.15, 0.2) is 0 Å². The first-order valence-corrected chi connectivity index (χ1v) is 6.75. The average molecular weight is 270 g/mol. The third-order valence-corrected chi connectivity index (χ3v) is 3.45. The Morgan fingerprint density at radius 3 is 2.37 bits per heavy atom. The first-order chi connectivity index (χ1) is 9.18. The fourth-order valence-electron chi connectivity index (χ4n) is 2.28. The fraction of sp³-hybridized carbons (Fsp3) is 0.833. The molecule has 2 aliphatic rings. The third-order valence-electron chi connectivity index (χ3n) is 3.45. The number of rotatable bonds is 2. The molecule has 2 fully saturated rings. The normalized spacial score (nSPS) is 20.3. The van der Waals surface area contributed by atoms with Crippen molar-refractivity contribution >= 4 is 11.9 Å². The topological polar surface area (TPSA) is 65.1 Å². The van der Waals surface area contributed by atoms with Crippen LogP contribution in [0.4, 0.5) is 4.79 Å². The van der Waals surface area contributed by atoms with E-state index in [-0.39, 0.29) is 18.5 Å². The smallest absolute Gasteiger partial charge is 0.320 e. The van der Waals surface area contributed by atoms with Crippen molar-refractivity contribution in [3.05, 3.63) is 0 Å². The molecule has 0 spiro atoms. The van der Waals surface area contributed by atoms with E-state index in [4.69, 9.17) is 4.74 Å². The van der Waals surface area contributed by atoms with Crippen LogP contribution in [0.15, 0.2) is 0 Å². The molecular weight excluding hydrogens is 248 g/mol. The summed E-state index contributed by atoms with van der Waals surface area (Å²) in [5.41, 5.74) is 0. The van der Waals surface area contributed by atoms with Crippen LogP contribution in [-0.4, -0.2) is 92.7 Å². The number of ether oxygens (including phenoxy) is 1. The molecule has 0 bridgehead atoms. The summed E-state index contributed by atoms with van der Waals surface area (Å²) in [6.07, 6.45) is 0. The van der Waals surface area contributed by atoms with Gasteiger partial charge < -0.3 is 24.8 Å². The lowest BCUT2D eigenvalue weighted by Crippen LogP contribution is -2.52. The zero-order chi connectivity index (χ0) is 13.7. The zero-order valence-electron chi connectivity index (χ0n) is 11.4. The molecule has 2 saturated heterocycles. The fourth-order valence-corrected chi connectivity index (χ4v) is 2.28. The molecule has 7 nitrogen and oxygen atoms in total. The SMILES string of the molecule is CN(CC(=O)N1CCNCC1)C(=O)N1CCOCC1. The van der Waals surface area contributed by atoms with Gasteiger partial charge in [-0.05, 0) is 0 Å². The Morgan fingerprint density at radius 1 is 1.11 bits per heavy atom. The van der Waals surface area contributed by atoms with Gasteiger partial charge in [-0.25, -0.2) is 4.79 Å². The first-order valence-electron chi connectivity index (χ1n) is 6.75. The van der Waals surface area contributed by atoms with E-state index >= 15 is 0 Å². The average Bonchev–Trinajstić information content (AvgIpc) is 2.48. The second-order valence-corrected chi connectivity index (χ2v) is 4.87. The van der Waals surface area contributed by atoms with Crippen LogP contribution in [0.3, 0.4) is 0 Å². The molecule has 0 aliphatic carbocycles. The number of piperazine rings is 1. The van der Waals surface area contributed by atoms with Crippen LogP contribution < -0.4 is 5.32 Å². The summed E-state index contributed by atoms with van der Waals surface area (Å²) in [6.45, 7) is 5.60. The second-order valence-electron chi connectivity index (χ2n) is 4.87. The van der Waals surface area contributed by atoms with Gasteiger partial charge in [-0.2, -0.15) is 0 Å². The molecule has 2 aliphatic heterocycles. The highest BCUT2D eigenvalue weighted by atomic mass is 16.5. The quantitative estimate of drug-likeness (QED) is 0.685. The number of hydrogen-bond acceptors (Lipinski definition) is 4. The molecule has 19 heavy (non-hydrogen) atoms. The molecule has 0 atom stereocenters. The highest BCUT2D eigenvalue weighted by molar-refractivity contribution is 5.84. The molecule has 1 N–H and O–H groups in total. The first kappa shape index (κ1) is 14.1. The number of carbonyl (C=O) groups is 2. The van der Waals surface area contributed by atoms with Crippen molar-refractivity contribution in [2.75, 3.05) is 66.1 Å². The van der Waals surface area contributed by atoms with Crippen LogP contribution >= 0.6 is 0 Å². The number of urea groups is 1. The van der Waals surface area contributed by atoms with E-state index in [1.165, 1.54) is 4.90 Å². The molecule has 2 heterocycles. The van der Waals surface area contributed by atoms with Crippen molar-refractivity contribution < 1.29 is 14.3 Å². The van der Waals surface area contributed by atoms with Crippen LogP contribution in [0.2, 0.25) is 0 Å². The van der Waals surface area contributed by atoms with Crippen LogP contribution in [0.5, 0.6) is 0 Å². The molecule has 0 unspecified atom stereocenters. The minimum atomic E-state index is -0.0909. The number of likely N-dealkylation sites (N-methyl/N-ethyl adjacent to an activating group) is 1. The van der Waals surface area contributed by atoms with Crippen molar-refractivity contribution in [3.8, 4) is 0 Å². The number of morpholine rings is 1. The van der Waals surface area contributed by atoms with E-state index in [1.807, 2.05) is 0 Å². The van der Waals surface area contributed by atoms with Gasteiger partial charge in [-0.1, -0.05) is 0 Å². The Balaban J connectivity index is 1.80. The van der Waals surface area contributed by atoms with E-state index in [0.29, 0.717) is 26.3 Å². The summed E-state index contributed by atoms with van der Waals surface area (Å²) in [4.78, 5) is 29.2. The van der Waals surface area contributed by atoms with Gasteiger partial charge in [-0.15, -0.1) is 0 Å². The standard InChI is InChI=1S/C12H22N4O3/c1-14(12(18)16-6-8-19-9-7-16)10-11(17)15-4-2-13-3-5-15/h13H,2-10H2,1H3. The van der Waals surface area contributed by atoms with Gasteiger partial charge in [0.25, 0.3) is 0 Å². The van der Waals surface area contributed by atoms with Crippen LogP contribution in [0.1, 0.15) is 0 Å². The zero-order valence-corrected chi connectivity index (χ0v) is 11.4. The van der Waals surface area contributed by atoms with Crippen LogP contribution in [0, 0.1) is 0 Å². The third kappa shape index (κ3) is 3.81. The van der Waals surface area contributed by atoms with Crippen LogP contribution in [-0.2, 0) is 9.53 Å². The lowest BCUT2D eigenvalue weighted by atomic mass is 10.3. The molecule has 7 heteroatoms. The van der Waals surface area contributed by atoms with E-state index in [2.05, 4.69) is 5.32 Å². The van der Waals surface area contributed by atoms with Gasteiger partial charge in [0.2, 0.25) is 5.91 Å². The number of nitrogens with one attached hydrogen (secondary N) is 1. The summed E-state index contributed by atoms with van der Waals surface area (Å²) in [6, 6.07) is -0.0909. The largest absolute Gasteiger partial charge is 0.378 e. The highest BCUT2D eigenvalue weighted by Gasteiger charge is 2.24. The molecule has 0 radical (unpaired) electrons. The molecule has 0 saturated carbocycles. The minimum Gasteiger partial charge on any atom is -0.378 e. The predicted molar refractivity (Wildman–Crippen MR) is 69.9 cm³/mol. The molecular formula is C12H22N4O3. The number of carbonyl (C=O) groups excluding carboxylic acids is 2. The van der Waals surface area contributed by atoms with Crippen molar-refractivity contribution in [2.24, 2.45) is 0 Å². The van der Waals surface area contributed by atoms with Gasteiger partial charge in [0.05, 0.1) is 13.2 Å². The molecule has 108 valence electrons. The van der Waals surface area contributed by atoms with Gasteiger partial charge in [-0.3, -0.25) is 4.79 Å². The number of amides is 3. The molecule has 0 aromatic rings. The summed E-state index contributed by atoms with van der Waals surface area (Å²) >= 11 is 0. The Bertz CT molecular complexity index is 325. The van der Waals surface area contributed by atoms with E-state index in [0.717, 1.165) is 26.2 Å². The number of hydrogen-bond donors (Lipinski definition) is 1. The van der Waals surface area contributed by atoms with E-state index in [1.54, 1.807) is 16.8 Å². The molecule has 2 rings (SSSR count). The highest BCUT2D eigenvalue weighted by Crippen LogP contribution is 2.03. The van der Waals surface area contributed by atoms with Gasteiger partial charge >= 0.3 is 6.03 Å². The maximum Gasteiger partial charge on any atom is 0.320 e. The monoisotopic (exact) mass is 270 g/mol. The van der Waals surface area contributed by atoms with Crippen molar-refractivity contribution in [3.63, 3.8) is 0 Å². The van der Waals surface area contributed by atoms with Gasteiger partial charge in [0.1, 0.15) is 6.54 Å². The second kappa shape index (κ2) is 6.72. The molecule has 0 aromatic carbocycles. The summed E-state index contributed by atoms with van der Waals surface area (Å²) in [5.74, 6) is 0.0191. The van der Waals surface area contributed by atoms with Crippen molar-refractivity contribution in [2.45, 2.75) is 0 Å². The Labute approximate surface area is 113 Å². The maximum atomic E-state index is 12.1. The van der Waals surface area contributed by atoms with E-state index in [9.17, 15) is 9.59 Å². The van der Waals surface area contributed by atoms with Gasteiger partial charge in [0, 0.05) is 46.3 Å². The lowest BCUT2D eigenvalue weighted by molar-refractivity contribution is -0.132. The van der Waals surface area contributed by atoms with Crippen molar-refractivity contribution in [1.29, 1.82) is 0 Å². The Kier molecular flexibility index (Phi) is 4.98. The Hall–Kier alpha value is -1.34.